The number of aromatic nitrogens is 2. The SMILES string of the molecule is CCOc1cccc2c1[nH]c(=S)n2CC(C)(C)OC. The lowest BCUT2D eigenvalue weighted by Gasteiger charge is -2.23. The van der Waals surface area contributed by atoms with Crippen LogP contribution in [0.1, 0.15) is 20.8 Å². The number of nitrogens with one attached hydrogen (secondary N) is 1. The van der Waals surface area contributed by atoms with Gasteiger partial charge in [-0.1, -0.05) is 6.07 Å². The second kappa shape index (κ2) is 5.35. The Morgan fingerprint density at radius 1 is 1.37 bits per heavy atom. The second-order valence-corrected chi connectivity index (χ2v) is 5.45. The van der Waals surface area contributed by atoms with E-state index in [4.69, 9.17) is 21.7 Å². The molecule has 0 amide bonds. The number of fused-ring (bicyclic) bond motifs is 1. The molecule has 19 heavy (non-hydrogen) atoms. The number of hydrogen-bond acceptors (Lipinski definition) is 3. The summed E-state index contributed by atoms with van der Waals surface area (Å²) in [7, 11) is 1.71. The van der Waals surface area contributed by atoms with Crippen molar-refractivity contribution in [1.29, 1.82) is 0 Å². The number of hydrogen-bond donors (Lipinski definition) is 1. The van der Waals surface area contributed by atoms with Crippen molar-refractivity contribution in [2.75, 3.05) is 13.7 Å². The Labute approximate surface area is 118 Å². The molecule has 1 heterocycles. The first kappa shape index (κ1) is 14.1. The smallest absolute Gasteiger partial charge is 0.178 e. The summed E-state index contributed by atoms with van der Waals surface area (Å²) in [6.45, 7) is 7.38. The maximum absolute atomic E-state index is 5.62. The fourth-order valence-electron chi connectivity index (χ4n) is 2.03. The number of nitrogens with zero attached hydrogens (tertiary/aromatic N) is 1. The monoisotopic (exact) mass is 280 g/mol. The molecule has 5 heteroatoms. The van der Waals surface area contributed by atoms with Crippen molar-refractivity contribution >= 4 is 23.3 Å². The molecular formula is C14H20N2O2S. The summed E-state index contributed by atoms with van der Waals surface area (Å²) in [4.78, 5) is 3.22. The van der Waals surface area contributed by atoms with Crippen molar-refractivity contribution in [2.45, 2.75) is 32.9 Å². The predicted molar refractivity (Wildman–Crippen MR) is 79.4 cm³/mol. The molecular weight excluding hydrogens is 260 g/mol. The first-order chi connectivity index (χ1) is 8.98. The average molecular weight is 280 g/mol. The maximum atomic E-state index is 5.62. The van der Waals surface area contributed by atoms with Gasteiger partial charge in [0, 0.05) is 7.11 Å². The predicted octanol–water partition coefficient (Wildman–Crippen LogP) is 3.52. The third-order valence-electron chi connectivity index (χ3n) is 3.16. The second-order valence-electron chi connectivity index (χ2n) is 5.06. The van der Waals surface area contributed by atoms with E-state index in [-0.39, 0.29) is 5.60 Å². The zero-order valence-corrected chi connectivity index (χ0v) is 12.6. The number of aromatic amines is 1. The van der Waals surface area contributed by atoms with Gasteiger partial charge >= 0.3 is 0 Å². The normalized spacial score (nSPS) is 12.0. The lowest BCUT2D eigenvalue weighted by atomic mass is 10.1. The van der Waals surface area contributed by atoms with Crippen molar-refractivity contribution in [3.63, 3.8) is 0 Å². The topological polar surface area (TPSA) is 39.2 Å². The van der Waals surface area contributed by atoms with E-state index < -0.39 is 0 Å². The van der Waals surface area contributed by atoms with E-state index in [2.05, 4.69) is 9.55 Å². The van der Waals surface area contributed by atoms with Crippen LogP contribution in [0.2, 0.25) is 0 Å². The molecule has 1 N–H and O–H groups in total. The van der Waals surface area contributed by atoms with E-state index >= 15 is 0 Å². The molecule has 0 bridgehead atoms. The van der Waals surface area contributed by atoms with E-state index in [1.807, 2.05) is 39.0 Å². The maximum Gasteiger partial charge on any atom is 0.178 e. The molecule has 2 aromatic rings. The van der Waals surface area contributed by atoms with Gasteiger partial charge in [0.1, 0.15) is 11.3 Å². The number of rotatable bonds is 5. The number of para-hydroxylation sites is 1. The minimum atomic E-state index is -0.269. The highest BCUT2D eigenvalue weighted by atomic mass is 32.1. The molecule has 0 unspecified atom stereocenters. The molecule has 0 saturated carbocycles. The van der Waals surface area contributed by atoms with Crippen LogP contribution in [0.5, 0.6) is 5.75 Å². The summed E-state index contributed by atoms with van der Waals surface area (Å²) in [5.41, 5.74) is 1.72. The van der Waals surface area contributed by atoms with E-state index in [1.54, 1.807) is 7.11 Å². The molecule has 2 rings (SSSR count). The first-order valence-electron chi connectivity index (χ1n) is 6.38. The molecule has 0 atom stereocenters. The fraction of sp³-hybridized carbons (Fsp3) is 0.500. The third-order valence-corrected chi connectivity index (χ3v) is 3.49. The lowest BCUT2D eigenvalue weighted by molar-refractivity contribution is 0.00873. The van der Waals surface area contributed by atoms with Gasteiger partial charge < -0.3 is 19.0 Å². The number of benzene rings is 1. The third kappa shape index (κ3) is 2.82. The zero-order valence-electron chi connectivity index (χ0n) is 11.8. The molecule has 4 nitrogen and oxygen atoms in total. The van der Waals surface area contributed by atoms with Gasteiger partial charge in [0.15, 0.2) is 4.77 Å². The van der Waals surface area contributed by atoms with Crippen LogP contribution in [0.15, 0.2) is 18.2 Å². The van der Waals surface area contributed by atoms with E-state index in [9.17, 15) is 0 Å². The molecule has 0 spiro atoms. The Bertz CT molecular complexity index is 628. The van der Waals surface area contributed by atoms with Crippen LogP contribution in [0.25, 0.3) is 11.0 Å². The van der Waals surface area contributed by atoms with Gasteiger partial charge in [0.2, 0.25) is 0 Å². The van der Waals surface area contributed by atoms with Crippen LogP contribution < -0.4 is 4.74 Å². The van der Waals surface area contributed by atoms with Gasteiger partial charge in [-0.05, 0) is 45.1 Å². The minimum Gasteiger partial charge on any atom is -0.492 e. The van der Waals surface area contributed by atoms with Crippen molar-refractivity contribution in [3.05, 3.63) is 23.0 Å². The Hall–Kier alpha value is -1.33. The standard InChI is InChI=1S/C14H20N2O2S/c1-5-18-11-8-6-7-10-12(11)15-13(19)16(10)9-14(2,3)17-4/h6-8H,5,9H2,1-4H3,(H,15,19). The summed E-state index contributed by atoms with van der Waals surface area (Å²) in [5.74, 6) is 0.833. The number of imidazole rings is 1. The van der Waals surface area contributed by atoms with Crippen LogP contribution in [-0.4, -0.2) is 28.9 Å². The van der Waals surface area contributed by atoms with Crippen LogP contribution in [-0.2, 0) is 11.3 Å². The molecule has 1 aromatic heterocycles. The molecule has 0 fully saturated rings. The first-order valence-corrected chi connectivity index (χ1v) is 6.79. The minimum absolute atomic E-state index is 0.269. The molecule has 0 saturated heterocycles. The quantitative estimate of drug-likeness (QED) is 0.852. The summed E-state index contributed by atoms with van der Waals surface area (Å²) >= 11 is 5.41. The molecule has 0 aliphatic carbocycles. The number of methoxy groups -OCH3 is 1. The van der Waals surface area contributed by atoms with Gasteiger partial charge in [-0.15, -0.1) is 0 Å². The van der Waals surface area contributed by atoms with Crippen LogP contribution in [0.4, 0.5) is 0 Å². The Morgan fingerprint density at radius 2 is 2.11 bits per heavy atom. The molecule has 104 valence electrons. The molecule has 0 radical (unpaired) electrons. The summed E-state index contributed by atoms with van der Waals surface area (Å²) in [6, 6.07) is 5.96. The summed E-state index contributed by atoms with van der Waals surface area (Å²) < 4.78 is 13.8. The summed E-state index contributed by atoms with van der Waals surface area (Å²) in [6.07, 6.45) is 0. The van der Waals surface area contributed by atoms with Crippen molar-refractivity contribution in [1.82, 2.24) is 9.55 Å². The van der Waals surface area contributed by atoms with Crippen LogP contribution in [0.3, 0.4) is 0 Å². The van der Waals surface area contributed by atoms with Crippen molar-refractivity contribution in [3.8, 4) is 5.75 Å². The number of H-pyrrole nitrogens is 1. The van der Waals surface area contributed by atoms with E-state index in [0.717, 1.165) is 16.8 Å². The van der Waals surface area contributed by atoms with Gasteiger partial charge in [0.05, 0.1) is 24.3 Å². The number of ether oxygens (including phenoxy) is 2. The van der Waals surface area contributed by atoms with Gasteiger partial charge in [-0.2, -0.15) is 0 Å². The Balaban J connectivity index is 2.54. The Morgan fingerprint density at radius 3 is 2.74 bits per heavy atom. The molecule has 0 aliphatic heterocycles. The molecule has 0 aliphatic rings. The largest absolute Gasteiger partial charge is 0.492 e. The van der Waals surface area contributed by atoms with Crippen molar-refractivity contribution in [2.24, 2.45) is 0 Å². The molecule has 1 aromatic carbocycles. The van der Waals surface area contributed by atoms with Crippen LogP contribution in [0, 0.1) is 4.77 Å². The lowest BCUT2D eigenvalue weighted by Crippen LogP contribution is -2.29. The highest BCUT2D eigenvalue weighted by Crippen LogP contribution is 2.26. The highest BCUT2D eigenvalue weighted by Gasteiger charge is 2.20. The van der Waals surface area contributed by atoms with Crippen molar-refractivity contribution < 1.29 is 9.47 Å². The van der Waals surface area contributed by atoms with Crippen LogP contribution >= 0.6 is 12.2 Å². The van der Waals surface area contributed by atoms with E-state index in [1.165, 1.54) is 0 Å². The van der Waals surface area contributed by atoms with Gasteiger partial charge in [-0.3, -0.25) is 0 Å². The summed E-state index contributed by atoms with van der Waals surface area (Å²) in [5, 5.41) is 0. The average Bonchev–Trinajstić information content (AvgIpc) is 2.68. The fourth-order valence-corrected chi connectivity index (χ4v) is 2.30. The Kier molecular flexibility index (Phi) is 3.96. The van der Waals surface area contributed by atoms with Gasteiger partial charge in [-0.25, -0.2) is 0 Å². The van der Waals surface area contributed by atoms with E-state index in [0.29, 0.717) is 17.9 Å². The van der Waals surface area contributed by atoms with Gasteiger partial charge in [0.25, 0.3) is 0 Å². The zero-order chi connectivity index (χ0) is 14.0. The highest BCUT2D eigenvalue weighted by molar-refractivity contribution is 7.71.